The molecule has 4 heteroatoms. The fraction of sp³-hybridized carbons (Fsp3) is 0.724. The fourth-order valence-corrected chi connectivity index (χ4v) is 9.24. The highest BCUT2D eigenvalue weighted by Gasteiger charge is 2.58. The summed E-state index contributed by atoms with van der Waals surface area (Å²) in [5.74, 6) is 5.37. The van der Waals surface area contributed by atoms with Crippen LogP contribution in [-0.2, 0) is 18.3 Å². The fourth-order valence-electron chi connectivity index (χ4n) is 9.24. The lowest BCUT2D eigenvalue weighted by atomic mass is 9.49. The van der Waals surface area contributed by atoms with E-state index in [0.29, 0.717) is 18.1 Å². The van der Waals surface area contributed by atoms with Crippen molar-refractivity contribution in [2.45, 2.75) is 83.7 Å². The SMILES string of the molecule is Cn1c(CC(=O)[C@H]2CC[C@H]3[C@@H]4CCC5C[C@](C)(O)CC[C@@H]5[C@H]4CC[C@]23C)nc2ccccc21. The van der Waals surface area contributed by atoms with Crippen LogP contribution < -0.4 is 0 Å². The molecule has 0 bridgehead atoms. The van der Waals surface area contributed by atoms with Crippen LogP contribution in [0.1, 0.15) is 77.5 Å². The van der Waals surface area contributed by atoms with Crippen LogP contribution in [0.25, 0.3) is 11.0 Å². The van der Waals surface area contributed by atoms with Crippen molar-refractivity contribution in [2.75, 3.05) is 0 Å². The average molecular weight is 449 g/mol. The van der Waals surface area contributed by atoms with E-state index in [1.54, 1.807) is 0 Å². The number of nitrogens with zero attached hydrogens (tertiary/aromatic N) is 2. The van der Waals surface area contributed by atoms with E-state index in [1.165, 1.54) is 38.5 Å². The molecule has 1 heterocycles. The summed E-state index contributed by atoms with van der Waals surface area (Å²) in [6.07, 6.45) is 11.0. The standard InChI is InChI=1S/C29H40N2O2/c1-28(33)14-12-19-18(17-28)8-9-21-20(19)13-15-29(2)22(21)10-11-23(29)26(32)16-27-30-24-6-4-5-7-25(24)31(27)3/h4-7,18-23,33H,8-17H2,1-3H3/t18?,19-,20+,21+,22-,23+,28+,29-/m0/s1. The molecule has 8 atom stereocenters. The van der Waals surface area contributed by atoms with Gasteiger partial charge in [0.05, 0.1) is 23.1 Å². The summed E-state index contributed by atoms with van der Waals surface area (Å²) in [5, 5.41) is 10.6. The van der Waals surface area contributed by atoms with E-state index in [2.05, 4.69) is 17.6 Å². The summed E-state index contributed by atoms with van der Waals surface area (Å²) in [4.78, 5) is 18.5. The second-order valence-electron chi connectivity index (χ2n) is 12.6. The summed E-state index contributed by atoms with van der Waals surface area (Å²) in [7, 11) is 2.04. The summed E-state index contributed by atoms with van der Waals surface area (Å²) >= 11 is 0. The van der Waals surface area contributed by atoms with Gasteiger partial charge in [-0.05, 0) is 112 Å². The molecule has 4 saturated carbocycles. The number of rotatable bonds is 3. The van der Waals surface area contributed by atoms with Crippen molar-refractivity contribution in [1.82, 2.24) is 9.55 Å². The monoisotopic (exact) mass is 448 g/mol. The highest BCUT2D eigenvalue weighted by molar-refractivity contribution is 5.85. The van der Waals surface area contributed by atoms with Crippen LogP contribution in [0.2, 0.25) is 0 Å². The van der Waals surface area contributed by atoms with Crippen molar-refractivity contribution in [2.24, 2.45) is 48.0 Å². The Balaban J connectivity index is 1.20. The highest BCUT2D eigenvalue weighted by Crippen LogP contribution is 2.64. The van der Waals surface area contributed by atoms with Gasteiger partial charge in [-0.2, -0.15) is 0 Å². The second-order valence-corrected chi connectivity index (χ2v) is 12.6. The van der Waals surface area contributed by atoms with Gasteiger partial charge >= 0.3 is 0 Å². The first-order valence-electron chi connectivity index (χ1n) is 13.4. The third-order valence-corrected chi connectivity index (χ3v) is 10.8. The molecular weight excluding hydrogens is 408 g/mol. The minimum atomic E-state index is -0.447. The number of benzene rings is 1. The van der Waals surface area contributed by atoms with Gasteiger partial charge in [0.25, 0.3) is 0 Å². The Morgan fingerprint density at radius 1 is 1.03 bits per heavy atom. The molecule has 0 saturated heterocycles. The largest absolute Gasteiger partial charge is 0.390 e. The first-order valence-corrected chi connectivity index (χ1v) is 13.4. The molecule has 1 N–H and O–H groups in total. The lowest BCUT2D eigenvalue weighted by Crippen LogP contribution is -2.51. The quantitative estimate of drug-likeness (QED) is 0.655. The summed E-state index contributed by atoms with van der Waals surface area (Å²) in [6, 6.07) is 8.19. The first kappa shape index (κ1) is 21.8. The molecule has 1 unspecified atom stereocenters. The minimum Gasteiger partial charge on any atom is -0.390 e. The third kappa shape index (κ3) is 3.42. The summed E-state index contributed by atoms with van der Waals surface area (Å²) in [6.45, 7) is 4.50. The number of imidazole rings is 1. The summed E-state index contributed by atoms with van der Waals surface area (Å²) < 4.78 is 2.11. The number of carbonyl (C=O) groups is 1. The van der Waals surface area contributed by atoms with Crippen molar-refractivity contribution >= 4 is 16.8 Å². The van der Waals surface area contributed by atoms with E-state index in [-0.39, 0.29) is 11.3 Å². The number of aliphatic hydroxyl groups is 1. The lowest BCUT2D eigenvalue weighted by molar-refractivity contribution is -0.131. The number of hydrogen-bond donors (Lipinski definition) is 1. The second kappa shape index (κ2) is 7.66. The molecule has 4 aliphatic rings. The molecule has 4 fully saturated rings. The van der Waals surface area contributed by atoms with Crippen molar-refractivity contribution in [1.29, 1.82) is 0 Å². The van der Waals surface area contributed by atoms with Gasteiger partial charge in [0, 0.05) is 13.0 Å². The van der Waals surface area contributed by atoms with Gasteiger partial charge in [0.2, 0.25) is 0 Å². The highest BCUT2D eigenvalue weighted by atomic mass is 16.3. The number of Topliss-reactive ketones (excluding diaryl/α,β-unsaturated/α-hetero) is 1. The minimum absolute atomic E-state index is 0.163. The van der Waals surface area contributed by atoms with Gasteiger partial charge in [0.15, 0.2) is 0 Å². The molecule has 0 amide bonds. The van der Waals surface area contributed by atoms with Gasteiger partial charge in [-0.3, -0.25) is 4.79 Å². The molecule has 1 aromatic heterocycles. The predicted octanol–water partition coefficient (Wildman–Crippen LogP) is 5.70. The van der Waals surface area contributed by atoms with E-state index in [1.807, 2.05) is 32.2 Å². The van der Waals surface area contributed by atoms with Crippen molar-refractivity contribution in [3.63, 3.8) is 0 Å². The van der Waals surface area contributed by atoms with Gasteiger partial charge < -0.3 is 9.67 Å². The lowest BCUT2D eigenvalue weighted by Gasteiger charge is -2.56. The maximum absolute atomic E-state index is 13.7. The molecule has 4 nitrogen and oxygen atoms in total. The van der Waals surface area contributed by atoms with Crippen molar-refractivity contribution in [3.8, 4) is 0 Å². The Kier molecular flexibility index (Phi) is 5.07. The van der Waals surface area contributed by atoms with Crippen molar-refractivity contribution in [3.05, 3.63) is 30.1 Å². The van der Waals surface area contributed by atoms with Crippen LogP contribution >= 0.6 is 0 Å². The topological polar surface area (TPSA) is 55.1 Å². The van der Waals surface area contributed by atoms with E-state index in [4.69, 9.17) is 4.98 Å². The molecular formula is C29H40N2O2. The number of para-hydroxylation sites is 2. The molecule has 4 aliphatic carbocycles. The molecule has 6 rings (SSSR count). The molecule has 0 aliphatic heterocycles. The molecule has 0 radical (unpaired) electrons. The number of ketones is 1. The van der Waals surface area contributed by atoms with Crippen LogP contribution in [0.4, 0.5) is 0 Å². The van der Waals surface area contributed by atoms with Crippen molar-refractivity contribution < 1.29 is 9.90 Å². The Hall–Kier alpha value is -1.68. The number of fused-ring (bicyclic) bond motifs is 6. The average Bonchev–Trinajstić information content (AvgIpc) is 3.29. The van der Waals surface area contributed by atoms with Crippen LogP contribution in [0.15, 0.2) is 24.3 Å². The normalized spacial score (nSPS) is 42.5. The summed E-state index contributed by atoms with van der Waals surface area (Å²) in [5.41, 5.74) is 1.81. The smallest absolute Gasteiger partial charge is 0.144 e. The van der Waals surface area contributed by atoms with E-state index in [9.17, 15) is 9.90 Å². The molecule has 33 heavy (non-hydrogen) atoms. The Labute approximate surface area is 198 Å². The zero-order valence-electron chi connectivity index (χ0n) is 20.6. The van der Waals surface area contributed by atoms with Crippen LogP contribution in [-0.4, -0.2) is 26.0 Å². The first-order chi connectivity index (χ1) is 15.8. The third-order valence-electron chi connectivity index (χ3n) is 10.8. The van der Waals surface area contributed by atoms with Gasteiger partial charge in [-0.25, -0.2) is 4.98 Å². The molecule has 178 valence electrons. The number of aromatic nitrogens is 2. The van der Waals surface area contributed by atoms with E-state index >= 15 is 0 Å². The van der Waals surface area contributed by atoms with Gasteiger partial charge in [0.1, 0.15) is 11.6 Å². The maximum atomic E-state index is 13.7. The Morgan fingerprint density at radius 2 is 1.82 bits per heavy atom. The van der Waals surface area contributed by atoms with Crippen LogP contribution in [0, 0.1) is 40.9 Å². The predicted molar refractivity (Wildman–Crippen MR) is 131 cm³/mol. The number of carbonyl (C=O) groups excluding carboxylic acids is 1. The zero-order chi connectivity index (χ0) is 23.0. The van der Waals surface area contributed by atoms with E-state index < -0.39 is 5.60 Å². The maximum Gasteiger partial charge on any atom is 0.144 e. The Morgan fingerprint density at radius 3 is 2.64 bits per heavy atom. The zero-order valence-corrected chi connectivity index (χ0v) is 20.6. The number of hydrogen-bond acceptors (Lipinski definition) is 3. The number of aryl methyl sites for hydroxylation is 1. The van der Waals surface area contributed by atoms with Gasteiger partial charge in [-0.1, -0.05) is 19.1 Å². The van der Waals surface area contributed by atoms with Crippen LogP contribution in [0.5, 0.6) is 0 Å². The van der Waals surface area contributed by atoms with E-state index in [0.717, 1.165) is 59.8 Å². The molecule has 0 spiro atoms. The van der Waals surface area contributed by atoms with Gasteiger partial charge in [-0.15, -0.1) is 0 Å². The van der Waals surface area contributed by atoms with Crippen LogP contribution in [0.3, 0.4) is 0 Å². The molecule has 2 aromatic rings. The Bertz CT molecular complexity index is 1070. The molecule has 1 aromatic carbocycles.